The van der Waals surface area contributed by atoms with Crippen LogP contribution in [0, 0.1) is 5.41 Å². The minimum Gasteiger partial charge on any atom is -0.461 e. The maximum atomic E-state index is 12.0. The van der Waals surface area contributed by atoms with Gasteiger partial charge in [0.25, 0.3) is 0 Å². The first-order valence-electron chi connectivity index (χ1n) is 7.28. The average molecular weight is 285 g/mol. The van der Waals surface area contributed by atoms with Crippen molar-refractivity contribution in [1.82, 2.24) is 5.32 Å². The molecule has 5 nitrogen and oxygen atoms in total. The van der Waals surface area contributed by atoms with E-state index >= 15 is 0 Å². The third-order valence-corrected chi connectivity index (χ3v) is 3.58. The van der Waals surface area contributed by atoms with Gasteiger partial charge in [-0.1, -0.05) is 20.8 Å². The zero-order chi connectivity index (χ0) is 15.3. The topological polar surface area (TPSA) is 64.6 Å². The van der Waals surface area contributed by atoms with Crippen molar-refractivity contribution >= 4 is 11.9 Å². The molecule has 0 aromatic heterocycles. The fraction of sp³-hybridized carbons (Fsp3) is 0.867. The molecule has 20 heavy (non-hydrogen) atoms. The molecule has 1 fully saturated rings. The van der Waals surface area contributed by atoms with E-state index in [0.717, 1.165) is 25.7 Å². The Labute approximate surface area is 121 Å². The molecule has 0 saturated heterocycles. The van der Waals surface area contributed by atoms with Crippen LogP contribution in [0.4, 0.5) is 0 Å². The lowest BCUT2D eigenvalue weighted by atomic mass is 9.94. The Morgan fingerprint density at radius 2 is 1.80 bits per heavy atom. The van der Waals surface area contributed by atoms with E-state index in [2.05, 4.69) is 5.32 Å². The second-order valence-electron chi connectivity index (χ2n) is 6.53. The molecule has 0 aromatic carbocycles. The standard InChI is InChI=1S/C15H27NO4/c1-10(16-14(18)15(2,3)4)13(17)20-12-8-6-7-11(9-12)19-5/h10-12H,6-9H2,1-5H3,(H,16,18)/t10-,11+,12-/m0/s1. The van der Waals surface area contributed by atoms with E-state index < -0.39 is 11.5 Å². The zero-order valence-electron chi connectivity index (χ0n) is 13.2. The molecule has 5 heteroatoms. The summed E-state index contributed by atoms with van der Waals surface area (Å²) in [4.78, 5) is 23.8. The fourth-order valence-electron chi connectivity index (χ4n) is 2.16. The van der Waals surface area contributed by atoms with Crippen molar-refractivity contribution < 1.29 is 19.1 Å². The number of nitrogens with one attached hydrogen (secondary N) is 1. The van der Waals surface area contributed by atoms with E-state index in [1.54, 1.807) is 14.0 Å². The van der Waals surface area contributed by atoms with Crippen molar-refractivity contribution in [3.63, 3.8) is 0 Å². The van der Waals surface area contributed by atoms with Crippen LogP contribution >= 0.6 is 0 Å². The van der Waals surface area contributed by atoms with Crippen molar-refractivity contribution in [3.05, 3.63) is 0 Å². The van der Waals surface area contributed by atoms with Gasteiger partial charge in [0.1, 0.15) is 12.1 Å². The van der Waals surface area contributed by atoms with E-state index in [-0.39, 0.29) is 24.1 Å². The summed E-state index contributed by atoms with van der Waals surface area (Å²) in [6.45, 7) is 7.09. The molecule has 0 aliphatic heterocycles. The van der Waals surface area contributed by atoms with Crippen molar-refractivity contribution in [2.45, 2.75) is 71.6 Å². The van der Waals surface area contributed by atoms with Crippen LogP contribution in [0.25, 0.3) is 0 Å². The van der Waals surface area contributed by atoms with Crippen molar-refractivity contribution in [3.8, 4) is 0 Å². The molecule has 0 spiro atoms. The maximum absolute atomic E-state index is 12.0. The molecule has 1 rings (SSSR count). The normalized spacial score (nSPS) is 24.9. The van der Waals surface area contributed by atoms with E-state index in [1.165, 1.54) is 0 Å². The number of methoxy groups -OCH3 is 1. The van der Waals surface area contributed by atoms with Crippen LogP contribution in [0.5, 0.6) is 0 Å². The van der Waals surface area contributed by atoms with Crippen molar-refractivity contribution in [2.24, 2.45) is 5.41 Å². The molecule has 3 atom stereocenters. The molecule has 1 N–H and O–H groups in total. The number of carbonyl (C=O) groups excluding carboxylic acids is 2. The summed E-state index contributed by atoms with van der Waals surface area (Å²) in [5.41, 5.74) is -0.513. The van der Waals surface area contributed by atoms with E-state index in [0.29, 0.717) is 0 Å². The zero-order valence-corrected chi connectivity index (χ0v) is 13.2. The highest BCUT2D eigenvalue weighted by Crippen LogP contribution is 2.23. The number of hydrogen-bond donors (Lipinski definition) is 1. The van der Waals surface area contributed by atoms with Crippen LogP contribution < -0.4 is 5.32 Å². The molecular weight excluding hydrogens is 258 g/mol. The monoisotopic (exact) mass is 285 g/mol. The maximum Gasteiger partial charge on any atom is 0.328 e. The van der Waals surface area contributed by atoms with E-state index in [4.69, 9.17) is 9.47 Å². The second-order valence-corrected chi connectivity index (χ2v) is 6.53. The van der Waals surface area contributed by atoms with Gasteiger partial charge < -0.3 is 14.8 Å². The van der Waals surface area contributed by atoms with Gasteiger partial charge in [-0.25, -0.2) is 4.79 Å². The van der Waals surface area contributed by atoms with Gasteiger partial charge in [-0.3, -0.25) is 4.79 Å². The second kappa shape index (κ2) is 7.07. The average Bonchev–Trinajstić information content (AvgIpc) is 2.37. The van der Waals surface area contributed by atoms with Crippen LogP contribution in [0.1, 0.15) is 53.4 Å². The molecule has 0 aromatic rings. The van der Waals surface area contributed by atoms with Gasteiger partial charge in [0.15, 0.2) is 0 Å². The molecule has 0 radical (unpaired) electrons. The van der Waals surface area contributed by atoms with Gasteiger partial charge in [-0.15, -0.1) is 0 Å². The van der Waals surface area contributed by atoms with Gasteiger partial charge in [0.2, 0.25) is 5.91 Å². The van der Waals surface area contributed by atoms with Gasteiger partial charge in [0, 0.05) is 18.9 Å². The third kappa shape index (κ3) is 5.12. The van der Waals surface area contributed by atoms with Gasteiger partial charge in [-0.2, -0.15) is 0 Å². The third-order valence-electron chi connectivity index (χ3n) is 3.58. The van der Waals surface area contributed by atoms with Gasteiger partial charge >= 0.3 is 5.97 Å². The summed E-state index contributed by atoms with van der Waals surface area (Å²) < 4.78 is 10.8. The number of amides is 1. The number of rotatable bonds is 4. The van der Waals surface area contributed by atoms with Gasteiger partial charge in [0.05, 0.1) is 6.10 Å². The lowest BCUT2D eigenvalue weighted by Gasteiger charge is -2.29. The predicted molar refractivity (Wildman–Crippen MR) is 76.2 cm³/mol. The highest BCUT2D eigenvalue weighted by molar-refractivity contribution is 5.87. The number of esters is 1. The Balaban J connectivity index is 2.43. The van der Waals surface area contributed by atoms with Crippen LogP contribution in [0.15, 0.2) is 0 Å². The molecule has 1 aliphatic carbocycles. The van der Waals surface area contributed by atoms with Crippen molar-refractivity contribution in [1.29, 1.82) is 0 Å². The molecule has 0 unspecified atom stereocenters. The first-order chi connectivity index (χ1) is 9.24. The van der Waals surface area contributed by atoms with E-state index in [1.807, 2.05) is 20.8 Å². The highest BCUT2D eigenvalue weighted by Gasteiger charge is 2.29. The lowest BCUT2D eigenvalue weighted by molar-refractivity contribution is -0.156. The summed E-state index contributed by atoms with van der Waals surface area (Å²) in [6, 6.07) is -0.621. The van der Waals surface area contributed by atoms with Crippen LogP contribution in [-0.2, 0) is 19.1 Å². The molecule has 1 aliphatic rings. The molecular formula is C15H27NO4. The first kappa shape index (κ1) is 17.0. The molecule has 1 saturated carbocycles. The number of hydrogen-bond acceptors (Lipinski definition) is 4. The van der Waals surface area contributed by atoms with Crippen LogP contribution in [0.2, 0.25) is 0 Å². The summed E-state index contributed by atoms with van der Waals surface area (Å²) >= 11 is 0. The number of carbonyl (C=O) groups is 2. The fourth-order valence-corrected chi connectivity index (χ4v) is 2.16. The summed E-state index contributed by atoms with van der Waals surface area (Å²) in [5, 5.41) is 2.69. The predicted octanol–water partition coefficient (Wildman–Crippen LogP) is 2.04. The molecule has 1 amide bonds. The minimum absolute atomic E-state index is 0.102. The lowest BCUT2D eigenvalue weighted by Crippen LogP contribution is -2.46. The summed E-state index contributed by atoms with van der Waals surface area (Å²) in [7, 11) is 1.68. The first-order valence-corrected chi connectivity index (χ1v) is 7.28. The largest absolute Gasteiger partial charge is 0.461 e. The summed E-state index contributed by atoms with van der Waals surface area (Å²) in [6.07, 6.45) is 3.68. The molecule has 0 heterocycles. The SMILES string of the molecule is CO[C@@H]1CCC[C@H](OC(=O)[C@H](C)NC(=O)C(C)(C)C)C1. The van der Waals surface area contributed by atoms with Crippen LogP contribution in [0.3, 0.4) is 0 Å². The van der Waals surface area contributed by atoms with Gasteiger partial charge in [-0.05, 0) is 26.2 Å². The van der Waals surface area contributed by atoms with Crippen molar-refractivity contribution in [2.75, 3.05) is 7.11 Å². The number of ether oxygens (including phenoxy) is 2. The van der Waals surface area contributed by atoms with Crippen LogP contribution in [-0.4, -0.2) is 37.2 Å². The summed E-state index contributed by atoms with van der Waals surface area (Å²) in [5.74, 6) is -0.523. The minimum atomic E-state index is -0.621. The Morgan fingerprint density at radius 1 is 1.20 bits per heavy atom. The Morgan fingerprint density at radius 3 is 2.35 bits per heavy atom. The smallest absolute Gasteiger partial charge is 0.328 e. The Kier molecular flexibility index (Phi) is 5.99. The molecule has 116 valence electrons. The molecule has 0 bridgehead atoms. The Hall–Kier alpha value is -1.10. The quantitative estimate of drug-likeness (QED) is 0.803. The highest BCUT2D eigenvalue weighted by atomic mass is 16.5. The van der Waals surface area contributed by atoms with E-state index in [9.17, 15) is 9.59 Å². The Bertz CT molecular complexity index is 348.